The number of hydrogen-bond acceptors (Lipinski definition) is 0. The average Bonchev–Trinajstić information content (AvgIpc) is 2.47. The molecule has 0 spiro atoms. The maximum atomic E-state index is 2.31. The Balaban J connectivity index is 2.12. The molecule has 0 saturated heterocycles. The van der Waals surface area contributed by atoms with Crippen LogP contribution in [0.15, 0.2) is 60.7 Å². The second-order valence-electron chi connectivity index (χ2n) is 6.27. The van der Waals surface area contributed by atoms with Gasteiger partial charge in [-0.1, -0.05) is 71.3 Å². The summed E-state index contributed by atoms with van der Waals surface area (Å²) in [5.41, 5.74) is 10.4. The van der Waals surface area contributed by atoms with Crippen LogP contribution in [0.5, 0.6) is 0 Å². The maximum absolute atomic E-state index is 2.31. The first kappa shape index (κ1) is 14.6. The largest absolute Gasteiger partial charge is 0.0587 e. The summed E-state index contributed by atoms with van der Waals surface area (Å²) in [6, 6.07) is 22.3. The van der Waals surface area contributed by atoms with E-state index < -0.39 is 0 Å². The zero-order valence-corrected chi connectivity index (χ0v) is 13.8. The molecule has 0 nitrogen and oxygen atoms in total. The second kappa shape index (κ2) is 5.81. The minimum Gasteiger partial charge on any atom is -0.0587 e. The molecule has 110 valence electrons. The van der Waals surface area contributed by atoms with E-state index in [-0.39, 0.29) is 0 Å². The van der Waals surface area contributed by atoms with Gasteiger partial charge >= 0.3 is 0 Å². The van der Waals surface area contributed by atoms with Crippen molar-refractivity contribution in [3.05, 3.63) is 82.9 Å². The minimum absolute atomic E-state index is 1.27. The molecule has 0 unspecified atom stereocenters. The van der Waals surface area contributed by atoms with Crippen molar-refractivity contribution in [1.82, 2.24) is 0 Å². The zero-order valence-electron chi connectivity index (χ0n) is 13.8. The molecular weight excluding hydrogens is 264 g/mol. The van der Waals surface area contributed by atoms with Crippen molar-refractivity contribution in [2.75, 3.05) is 0 Å². The van der Waals surface area contributed by atoms with Crippen LogP contribution in [0.1, 0.15) is 22.3 Å². The van der Waals surface area contributed by atoms with Gasteiger partial charge in [-0.3, -0.25) is 0 Å². The van der Waals surface area contributed by atoms with Gasteiger partial charge in [0.15, 0.2) is 0 Å². The van der Waals surface area contributed by atoms with E-state index in [0.717, 1.165) is 0 Å². The van der Waals surface area contributed by atoms with Crippen LogP contribution >= 0.6 is 0 Å². The van der Waals surface area contributed by atoms with E-state index in [1.54, 1.807) is 0 Å². The van der Waals surface area contributed by atoms with E-state index in [1.165, 1.54) is 44.5 Å². The molecule has 0 saturated carbocycles. The molecule has 0 radical (unpaired) electrons. The van der Waals surface area contributed by atoms with Crippen molar-refractivity contribution in [1.29, 1.82) is 0 Å². The summed E-state index contributed by atoms with van der Waals surface area (Å²) in [4.78, 5) is 0. The van der Waals surface area contributed by atoms with E-state index in [1.807, 2.05) is 0 Å². The fourth-order valence-electron chi connectivity index (χ4n) is 2.99. The lowest BCUT2D eigenvalue weighted by Gasteiger charge is -2.11. The first-order valence-electron chi connectivity index (χ1n) is 7.79. The highest BCUT2D eigenvalue weighted by atomic mass is 14.1. The van der Waals surface area contributed by atoms with E-state index in [2.05, 4.69) is 88.4 Å². The third kappa shape index (κ3) is 2.96. The molecule has 0 heteroatoms. The fraction of sp³-hybridized carbons (Fsp3) is 0.182. The van der Waals surface area contributed by atoms with E-state index in [0.29, 0.717) is 0 Å². The second-order valence-corrected chi connectivity index (χ2v) is 6.27. The SMILES string of the molecule is Cc1ccc(-c2ccc(C)c(-c3cc(C)cc(C)c3)c2)cc1. The number of benzene rings is 3. The van der Waals surface area contributed by atoms with Crippen molar-refractivity contribution in [2.45, 2.75) is 27.7 Å². The molecule has 0 N–H and O–H groups in total. The molecule has 0 aliphatic carbocycles. The Labute approximate surface area is 133 Å². The standard InChI is InChI=1S/C22H22/c1-15-5-8-19(9-6-15)20-10-7-18(4)22(14-20)21-12-16(2)11-17(3)13-21/h5-14H,1-4H3. The van der Waals surface area contributed by atoms with Crippen LogP contribution in [-0.2, 0) is 0 Å². The molecule has 0 aliphatic heterocycles. The first-order valence-corrected chi connectivity index (χ1v) is 7.79. The summed E-state index contributed by atoms with van der Waals surface area (Å²) in [5, 5.41) is 0. The van der Waals surface area contributed by atoms with Crippen LogP contribution < -0.4 is 0 Å². The van der Waals surface area contributed by atoms with Gasteiger partial charge in [-0.15, -0.1) is 0 Å². The fourth-order valence-corrected chi connectivity index (χ4v) is 2.99. The summed E-state index contributed by atoms with van der Waals surface area (Å²) in [5.74, 6) is 0. The summed E-state index contributed by atoms with van der Waals surface area (Å²) >= 11 is 0. The summed E-state index contributed by atoms with van der Waals surface area (Å²) < 4.78 is 0. The van der Waals surface area contributed by atoms with E-state index >= 15 is 0 Å². The Morgan fingerprint density at radius 2 is 1.05 bits per heavy atom. The molecule has 0 atom stereocenters. The summed E-state index contributed by atoms with van der Waals surface area (Å²) in [6.45, 7) is 8.64. The Morgan fingerprint density at radius 1 is 0.455 bits per heavy atom. The molecule has 0 heterocycles. The molecular formula is C22H22. The lowest BCUT2D eigenvalue weighted by atomic mass is 9.93. The normalized spacial score (nSPS) is 10.7. The number of rotatable bonds is 2. The van der Waals surface area contributed by atoms with Gasteiger partial charge in [-0.25, -0.2) is 0 Å². The van der Waals surface area contributed by atoms with Gasteiger partial charge in [0.1, 0.15) is 0 Å². The van der Waals surface area contributed by atoms with Gasteiger partial charge in [0.05, 0.1) is 0 Å². The van der Waals surface area contributed by atoms with Crippen LogP contribution in [0.2, 0.25) is 0 Å². The average molecular weight is 286 g/mol. The number of aryl methyl sites for hydroxylation is 4. The van der Waals surface area contributed by atoms with Gasteiger partial charge in [0, 0.05) is 0 Å². The first-order chi connectivity index (χ1) is 10.5. The van der Waals surface area contributed by atoms with Crippen molar-refractivity contribution in [3.8, 4) is 22.3 Å². The van der Waals surface area contributed by atoms with Crippen molar-refractivity contribution in [3.63, 3.8) is 0 Å². The van der Waals surface area contributed by atoms with Gasteiger partial charge < -0.3 is 0 Å². The van der Waals surface area contributed by atoms with Crippen molar-refractivity contribution in [2.24, 2.45) is 0 Å². The molecule has 3 rings (SSSR count). The van der Waals surface area contributed by atoms with Crippen molar-refractivity contribution >= 4 is 0 Å². The van der Waals surface area contributed by atoms with Gasteiger partial charge in [-0.2, -0.15) is 0 Å². The number of hydrogen-bond donors (Lipinski definition) is 0. The van der Waals surface area contributed by atoms with Crippen molar-refractivity contribution < 1.29 is 0 Å². The molecule has 0 aromatic heterocycles. The highest BCUT2D eigenvalue weighted by Crippen LogP contribution is 2.30. The van der Waals surface area contributed by atoms with E-state index in [4.69, 9.17) is 0 Å². The van der Waals surface area contributed by atoms with Gasteiger partial charge in [0.2, 0.25) is 0 Å². The predicted octanol–water partition coefficient (Wildman–Crippen LogP) is 6.25. The van der Waals surface area contributed by atoms with Crippen LogP contribution in [-0.4, -0.2) is 0 Å². The zero-order chi connectivity index (χ0) is 15.7. The Morgan fingerprint density at radius 3 is 1.68 bits per heavy atom. The molecule has 0 fully saturated rings. The molecule has 0 bridgehead atoms. The molecule has 3 aromatic carbocycles. The lowest BCUT2D eigenvalue weighted by molar-refractivity contribution is 1.37. The van der Waals surface area contributed by atoms with Crippen LogP contribution in [0.25, 0.3) is 22.3 Å². The third-order valence-electron chi connectivity index (χ3n) is 4.16. The Hall–Kier alpha value is -2.34. The molecule has 3 aromatic rings. The smallest absolute Gasteiger partial charge is 0.0148 e. The lowest BCUT2D eigenvalue weighted by Crippen LogP contribution is -1.88. The quantitative estimate of drug-likeness (QED) is 0.522. The minimum atomic E-state index is 1.27. The Bertz CT molecular complexity index is 788. The molecule has 0 aliphatic rings. The van der Waals surface area contributed by atoms with Crippen LogP contribution in [0.3, 0.4) is 0 Å². The Kier molecular flexibility index (Phi) is 3.85. The maximum Gasteiger partial charge on any atom is -0.0148 e. The summed E-state index contributed by atoms with van der Waals surface area (Å²) in [7, 11) is 0. The van der Waals surface area contributed by atoms with E-state index in [9.17, 15) is 0 Å². The summed E-state index contributed by atoms with van der Waals surface area (Å²) in [6.07, 6.45) is 0. The highest BCUT2D eigenvalue weighted by molar-refractivity contribution is 5.76. The topological polar surface area (TPSA) is 0 Å². The van der Waals surface area contributed by atoms with Gasteiger partial charge in [0.25, 0.3) is 0 Å². The van der Waals surface area contributed by atoms with Crippen LogP contribution in [0, 0.1) is 27.7 Å². The third-order valence-corrected chi connectivity index (χ3v) is 4.16. The van der Waals surface area contributed by atoms with Gasteiger partial charge in [-0.05, 0) is 61.6 Å². The monoisotopic (exact) mass is 286 g/mol. The highest BCUT2D eigenvalue weighted by Gasteiger charge is 2.06. The predicted molar refractivity (Wildman–Crippen MR) is 96.3 cm³/mol. The molecule has 22 heavy (non-hydrogen) atoms. The molecule has 0 amide bonds. The van der Waals surface area contributed by atoms with Crippen LogP contribution in [0.4, 0.5) is 0 Å².